The Morgan fingerprint density at radius 1 is 1.19 bits per heavy atom. The topological polar surface area (TPSA) is 48.0 Å². The summed E-state index contributed by atoms with van der Waals surface area (Å²) in [6, 6.07) is 0.954. The number of hydrogen-bond donors (Lipinski definition) is 0. The number of aromatic nitrogens is 5. The monoisotopic (exact) mass is 397 g/mol. The lowest BCUT2D eigenvalue weighted by Gasteiger charge is -2.19. The first-order chi connectivity index (χ1) is 12.5. The zero-order valence-corrected chi connectivity index (χ0v) is 16.7. The first-order valence-corrected chi connectivity index (χ1v) is 9.59. The van der Waals surface area contributed by atoms with E-state index in [-0.39, 0.29) is 11.1 Å². The van der Waals surface area contributed by atoms with Crippen LogP contribution in [0.15, 0.2) is 23.5 Å². The number of aryl methyl sites for hydroxylation is 1. The maximum absolute atomic E-state index is 12.9. The Balaban J connectivity index is 2.11. The molecule has 0 fully saturated rings. The van der Waals surface area contributed by atoms with Gasteiger partial charge in [0.15, 0.2) is 0 Å². The fraction of sp³-hybridized carbons (Fsp3) is 0.500. The number of fused-ring (bicyclic) bond motifs is 1. The first kappa shape index (κ1) is 19.7. The second-order valence-electron chi connectivity index (χ2n) is 7.58. The Morgan fingerprint density at radius 3 is 2.48 bits per heavy atom. The summed E-state index contributed by atoms with van der Waals surface area (Å²) in [5.41, 5.74) is 1.67. The molecule has 3 rings (SSSR count). The standard InChI is InChI=1S/C18H22F3N5S/c1-6-27-16-12(8-17(2,3)4)25(5)24-15(16)11-9-26-10-22-13(18(19,20)21)7-14(26)23-11/h7,9-10H,6,8H2,1-5H3. The predicted octanol–water partition coefficient (Wildman–Crippen LogP) is 4.85. The summed E-state index contributed by atoms with van der Waals surface area (Å²) in [4.78, 5) is 8.90. The molecule has 0 N–H and O–H groups in total. The fourth-order valence-electron chi connectivity index (χ4n) is 2.86. The Bertz CT molecular complexity index is 966. The molecule has 0 bridgehead atoms. The smallest absolute Gasteiger partial charge is 0.290 e. The molecule has 5 nitrogen and oxygen atoms in total. The van der Waals surface area contributed by atoms with Gasteiger partial charge in [-0.05, 0) is 17.6 Å². The van der Waals surface area contributed by atoms with E-state index in [2.05, 4.69) is 42.8 Å². The van der Waals surface area contributed by atoms with Crippen molar-refractivity contribution in [3.05, 3.63) is 30.0 Å². The second-order valence-corrected chi connectivity index (χ2v) is 8.86. The highest BCUT2D eigenvalue weighted by Crippen LogP contribution is 2.36. The molecular formula is C18H22F3N5S. The molecule has 0 saturated heterocycles. The van der Waals surface area contributed by atoms with E-state index < -0.39 is 11.9 Å². The van der Waals surface area contributed by atoms with Gasteiger partial charge < -0.3 is 0 Å². The average molecular weight is 397 g/mol. The zero-order chi connectivity index (χ0) is 20.0. The molecule has 0 saturated carbocycles. The van der Waals surface area contributed by atoms with E-state index in [0.29, 0.717) is 11.4 Å². The Kier molecular flexibility index (Phi) is 5.00. The molecule has 0 atom stereocenters. The Hall–Kier alpha value is -2.03. The van der Waals surface area contributed by atoms with Gasteiger partial charge in [-0.2, -0.15) is 18.3 Å². The molecule has 3 aromatic heterocycles. The van der Waals surface area contributed by atoms with Crippen LogP contribution in [0.3, 0.4) is 0 Å². The summed E-state index contributed by atoms with van der Waals surface area (Å²) < 4.78 is 42.1. The molecular weight excluding hydrogens is 375 g/mol. The summed E-state index contributed by atoms with van der Waals surface area (Å²) in [5.74, 6) is 0.864. The molecule has 0 aliphatic carbocycles. The van der Waals surface area contributed by atoms with Crippen LogP contribution < -0.4 is 0 Å². The predicted molar refractivity (Wildman–Crippen MR) is 99.7 cm³/mol. The maximum atomic E-state index is 12.9. The van der Waals surface area contributed by atoms with Gasteiger partial charge in [0, 0.05) is 19.3 Å². The largest absolute Gasteiger partial charge is 0.433 e. The maximum Gasteiger partial charge on any atom is 0.433 e. The van der Waals surface area contributed by atoms with Crippen molar-refractivity contribution in [3.63, 3.8) is 0 Å². The molecule has 0 unspecified atom stereocenters. The van der Waals surface area contributed by atoms with E-state index in [1.807, 2.05) is 11.7 Å². The highest BCUT2D eigenvalue weighted by molar-refractivity contribution is 7.99. The minimum Gasteiger partial charge on any atom is -0.290 e. The molecule has 0 spiro atoms. The van der Waals surface area contributed by atoms with Crippen LogP contribution in [0, 0.1) is 5.41 Å². The van der Waals surface area contributed by atoms with Crippen LogP contribution in [0.4, 0.5) is 13.2 Å². The van der Waals surface area contributed by atoms with Crippen molar-refractivity contribution in [2.45, 2.75) is 45.2 Å². The van der Waals surface area contributed by atoms with E-state index in [4.69, 9.17) is 0 Å². The van der Waals surface area contributed by atoms with Crippen LogP contribution in [-0.4, -0.2) is 29.9 Å². The van der Waals surface area contributed by atoms with Gasteiger partial charge in [-0.25, -0.2) is 9.97 Å². The molecule has 146 valence electrons. The number of halogens is 3. The van der Waals surface area contributed by atoms with Crippen LogP contribution in [0.5, 0.6) is 0 Å². The molecule has 3 aromatic rings. The van der Waals surface area contributed by atoms with Crippen molar-refractivity contribution < 1.29 is 13.2 Å². The number of nitrogens with zero attached hydrogens (tertiary/aromatic N) is 5. The third-order valence-corrected chi connectivity index (χ3v) is 4.99. The molecule has 3 heterocycles. The SMILES string of the molecule is CCSc1c(-c2cn3cnc(C(F)(F)F)cc3n2)nn(C)c1CC(C)(C)C. The summed E-state index contributed by atoms with van der Waals surface area (Å²) in [6.45, 7) is 8.55. The van der Waals surface area contributed by atoms with E-state index in [9.17, 15) is 13.2 Å². The Labute approximate surface area is 160 Å². The number of rotatable bonds is 4. The lowest BCUT2D eigenvalue weighted by molar-refractivity contribution is -0.141. The molecule has 0 aromatic carbocycles. The minimum atomic E-state index is -4.50. The van der Waals surface area contributed by atoms with Gasteiger partial charge in [-0.3, -0.25) is 9.08 Å². The first-order valence-electron chi connectivity index (χ1n) is 8.60. The van der Waals surface area contributed by atoms with Crippen LogP contribution in [0.1, 0.15) is 39.1 Å². The highest BCUT2D eigenvalue weighted by Gasteiger charge is 2.33. The van der Waals surface area contributed by atoms with Crippen molar-refractivity contribution in [2.75, 3.05) is 5.75 Å². The second kappa shape index (κ2) is 6.85. The van der Waals surface area contributed by atoms with Crippen molar-refractivity contribution >= 4 is 17.4 Å². The fourth-order valence-corrected chi connectivity index (χ4v) is 3.80. The van der Waals surface area contributed by atoms with E-state index in [0.717, 1.165) is 35.2 Å². The van der Waals surface area contributed by atoms with E-state index >= 15 is 0 Å². The van der Waals surface area contributed by atoms with Gasteiger partial charge in [-0.1, -0.05) is 27.7 Å². The molecule has 9 heteroatoms. The number of alkyl halides is 3. The van der Waals surface area contributed by atoms with Crippen LogP contribution in [0.2, 0.25) is 0 Å². The quantitative estimate of drug-likeness (QED) is 0.591. The van der Waals surface area contributed by atoms with Crippen LogP contribution >= 0.6 is 11.8 Å². The van der Waals surface area contributed by atoms with E-state index in [1.54, 1.807) is 18.0 Å². The van der Waals surface area contributed by atoms with Crippen molar-refractivity contribution in [1.29, 1.82) is 0 Å². The molecule has 27 heavy (non-hydrogen) atoms. The number of hydrogen-bond acceptors (Lipinski definition) is 4. The van der Waals surface area contributed by atoms with Gasteiger partial charge in [0.2, 0.25) is 0 Å². The van der Waals surface area contributed by atoms with Gasteiger partial charge in [-0.15, -0.1) is 11.8 Å². The average Bonchev–Trinajstić information content (AvgIpc) is 3.08. The van der Waals surface area contributed by atoms with Gasteiger partial charge in [0.1, 0.15) is 29.1 Å². The van der Waals surface area contributed by atoms with Crippen molar-refractivity contribution in [2.24, 2.45) is 12.5 Å². The molecule has 0 aliphatic rings. The third kappa shape index (κ3) is 4.12. The summed E-state index contributed by atoms with van der Waals surface area (Å²) in [7, 11) is 1.89. The zero-order valence-electron chi connectivity index (χ0n) is 15.9. The van der Waals surface area contributed by atoms with Crippen LogP contribution in [0.25, 0.3) is 17.0 Å². The lowest BCUT2D eigenvalue weighted by atomic mass is 9.90. The number of imidazole rings is 1. The van der Waals surface area contributed by atoms with E-state index in [1.165, 1.54) is 4.40 Å². The third-order valence-electron chi connectivity index (χ3n) is 3.99. The molecule has 0 aliphatic heterocycles. The van der Waals surface area contributed by atoms with Crippen LogP contribution in [-0.2, 0) is 19.6 Å². The molecule has 0 radical (unpaired) electrons. The van der Waals surface area contributed by atoms with Crippen molar-refractivity contribution in [1.82, 2.24) is 24.1 Å². The van der Waals surface area contributed by atoms with Gasteiger partial charge >= 0.3 is 6.18 Å². The Morgan fingerprint density at radius 2 is 1.89 bits per heavy atom. The highest BCUT2D eigenvalue weighted by atomic mass is 32.2. The number of thioether (sulfide) groups is 1. The molecule has 0 amide bonds. The minimum absolute atomic E-state index is 0.0819. The summed E-state index contributed by atoms with van der Waals surface area (Å²) >= 11 is 1.67. The van der Waals surface area contributed by atoms with Gasteiger partial charge in [0.25, 0.3) is 0 Å². The normalized spacial score (nSPS) is 12.9. The van der Waals surface area contributed by atoms with Gasteiger partial charge in [0.05, 0.1) is 10.6 Å². The summed E-state index contributed by atoms with van der Waals surface area (Å²) in [5, 5.41) is 4.63. The lowest BCUT2D eigenvalue weighted by Crippen LogP contribution is -2.13. The van der Waals surface area contributed by atoms with Crippen molar-refractivity contribution in [3.8, 4) is 11.4 Å². The summed E-state index contributed by atoms with van der Waals surface area (Å²) in [6.07, 6.45) is -0.848.